The highest BCUT2D eigenvalue weighted by Gasteiger charge is 2.30. The lowest BCUT2D eigenvalue weighted by atomic mass is 9.99. The lowest BCUT2D eigenvalue weighted by Crippen LogP contribution is -2.50. The number of nitrogens with zero attached hydrogens (tertiary/aromatic N) is 1. The summed E-state index contributed by atoms with van der Waals surface area (Å²) in [5.41, 5.74) is 0.897. The van der Waals surface area contributed by atoms with E-state index in [2.05, 4.69) is 0 Å². The summed E-state index contributed by atoms with van der Waals surface area (Å²) in [5, 5.41) is 9.33. The van der Waals surface area contributed by atoms with E-state index in [-0.39, 0.29) is 5.54 Å². The van der Waals surface area contributed by atoms with Gasteiger partial charge in [-0.25, -0.2) is 0 Å². The maximum Gasteiger partial charge on any atom is 0.321 e. The van der Waals surface area contributed by atoms with Gasteiger partial charge in [0.1, 0.15) is 6.04 Å². The molecular weight excluding hydrogens is 214 g/mol. The normalized spacial score (nSPS) is 13.7. The van der Waals surface area contributed by atoms with Gasteiger partial charge in [0, 0.05) is 5.54 Å². The molecule has 1 atom stereocenters. The molecule has 1 aromatic rings. The van der Waals surface area contributed by atoms with Crippen LogP contribution in [-0.4, -0.2) is 34.6 Å². The van der Waals surface area contributed by atoms with Crippen molar-refractivity contribution >= 4 is 5.97 Å². The van der Waals surface area contributed by atoms with Crippen LogP contribution < -0.4 is 0 Å². The van der Waals surface area contributed by atoms with E-state index in [0.29, 0.717) is 6.42 Å². The molecular formula is C14H21NO2. The van der Waals surface area contributed by atoms with Crippen molar-refractivity contribution in [2.75, 3.05) is 7.05 Å². The van der Waals surface area contributed by atoms with Crippen LogP contribution in [0.1, 0.15) is 26.3 Å². The molecule has 3 heteroatoms. The van der Waals surface area contributed by atoms with Crippen LogP contribution in [0, 0.1) is 0 Å². The SMILES string of the molecule is CN(C(Cc1ccccc1)C(=O)O)C(C)(C)C. The summed E-state index contributed by atoms with van der Waals surface area (Å²) >= 11 is 0. The fourth-order valence-corrected chi connectivity index (χ4v) is 1.69. The summed E-state index contributed by atoms with van der Waals surface area (Å²) in [6.45, 7) is 6.07. The number of rotatable bonds is 4. The minimum Gasteiger partial charge on any atom is -0.480 e. The van der Waals surface area contributed by atoms with Crippen molar-refractivity contribution in [1.29, 1.82) is 0 Å². The number of hydrogen-bond donors (Lipinski definition) is 1. The number of hydrogen-bond acceptors (Lipinski definition) is 2. The summed E-state index contributed by atoms with van der Waals surface area (Å²) in [4.78, 5) is 13.3. The molecule has 0 aromatic heterocycles. The Hall–Kier alpha value is -1.35. The molecule has 94 valence electrons. The largest absolute Gasteiger partial charge is 0.480 e. The van der Waals surface area contributed by atoms with E-state index in [1.165, 1.54) is 0 Å². The molecule has 1 N–H and O–H groups in total. The maximum absolute atomic E-state index is 11.4. The summed E-state index contributed by atoms with van der Waals surface area (Å²) in [6.07, 6.45) is 0.532. The Bertz CT molecular complexity index is 368. The quantitative estimate of drug-likeness (QED) is 0.871. The van der Waals surface area contributed by atoms with Gasteiger partial charge in [-0.05, 0) is 39.8 Å². The van der Waals surface area contributed by atoms with Crippen LogP contribution in [0.2, 0.25) is 0 Å². The third kappa shape index (κ3) is 3.86. The average molecular weight is 235 g/mol. The molecule has 0 aliphatic carbocycles. The van der Waals surface area contributed by atoms with Crippen molar-refractivity contribution in [3.8, 4) is 0 Å². The first-order chi connectivity index (χ1) is 7.82. The lowest BCUT2D eigenvalue weighted by Gasteiger charge is -2.36. The topological polar surface area (TPSA) is 40.5 Å². The number of carboxylic acid groups (broad SMARTS) is 1. The van der Waals surface area contributed by atoms with Crippen LogP contribution in [0.5, 0.6) is 0 Å². The van der Waals surface area contributed by atoms with E-state index in [0.717, 1.165) is 5.56 Å². The fraction of sp³-hybridized carbons (Fsp3) is 0.500. The van der Waals surface area contributed by atoms with Gasteiger partial charge in [-0.2, -0.15) is 0 Å². The minimum absolute atomic E-state index is 0.155. The highest BCUT2D eigenvalue weighted by atomic mass is 16.4. The van der Waals surface area contributed by atoms with Gasteiger partial charge in [-0.3, -0.25) is 9.69 Å². The van der Waals surface area contributed by atoms with Crippen molar-refractivity contribution in [3.63, 3.8) is 0 Å². The fourth-order valence-electron chi connectivity index (χ4n) is 1.69. The monoisotopic (exact) mass is 235 g/mol. The van der Waals surface area contributed by atoms with Gasteiger partial charge in [-0.15, -0.1) is 0 Å². The van der Waals surface area contributed by atoms with Gasteiger partial charge >= 0.3 is 5.97 Å². The maximum atomic E-state index is 11.4. The van der Waals surface area contributed by atoms with Crippen LogP contribution in [0.15, 0.2) is 30.3 Å². The predicted octanol–water partition coefficient (Wildman–Crippen LogP) is 2.41. The van der Waals surface area contributed by atoms with Crippen molar-refractivity contribution in [1.82, 2.24) is 4.90 Å². The van der Waals surface area contributed by atoms with E-state index in [4.69, 9.17) is 0 Å². The van der Waals surface area contributed by atoms with Crippen LogP contribution >= 0.6 is 0 Å². The van der Waals surface area contributed by atoms with E-state index < -0.39 is 12.0 Å². The number of likely N-dealkylation sites (N-methyl/N-ethyl adjacent to an activating group) is 1. The lowest BCUT2D eigenvalue weighted by molar-refractivity contribution is -0.144. The first kappa shape index (κ1) is 13.7. The van der Waals surface area contributed by atoms with E-state index in [9.17, 15) is 9.90 Å². The molecule has 3 nitrogen and oxygen atoms in total. The highest BCUT2D eigenvalue weighted by Crippen LogP contribution is 2.17. The van der Waals surface area contributed by atoms with Crippen LogP contribution in [0.25, 0.3) is 0 Å². The highest BCUT2D eigenvalue weighted by molar-refractivity contribution is 5.74. The smallest absolute Gasteiger partial charge is 0.321 e. The first-order valence-electron chi connectivity index (χ1n) is 5.82. The predicted molar refractivity (Wildman–Crippen MR) is 69.1 cm³/mol. The Morgan fingerprint density at radius 3 is 2.24 bits per heavy atom. The average Bonchev–Trinajstić information content (AvgIpc) is 2.24. The Labute approximate surface area is 103 Å². The third-order valence-electron chi connectivity index (χ3n) is 3.08. The molecule has 0 amide bonds. The van der Waals surface area contributed by atoms with Gasteiger partial charge < -0.3 is 5.11 Å². The van der Waals surface area contributed by atoms with Gasteiger partial charge in [0.05, 0.1) is 0 Å². The number of carbonyl (C=O) groups is 1. The summed E-state index contributed by atoms with van der Waals surface area (Å²) in [6, 6.07) is 9.25. The van der Waals surface area contributed by atoms with Crippen LogP contribution in [0.4, 0.5) is 0 Å². The van der Waals surface area contributed by atoms with Gasteiger partial charge in [0.15, 0.2) is 0 Å². The zero-order valence-electron chi connectivity index (χ0n) is 11.0. The molecule has 1 unspecified atom stereocenters. The Morgan fingerprint density at radius 2 is 1.82 bits per heavy atom. The Morgan fingerprint density at radius 1 is 1.29 bits per heavy atom. The van der Waals surface area contributed by atoms with Crippen LogP contribution in [-0.2, 0) is 11.2 Å². The second-order valence-corrected chi connectivity index (χ2v) is 5.33. The summed E-state index contributed by atoms with van der Waals surface area (Å²) in [5.74, 6) is -0.772. The molecule has 0 fully saturated rings. The molecule has 1 aromatic carbocycles. The van der Waals surface area contributed by atoms with Gasteiger partial charge in [0.25, 0.3) is 0 Å². The molecule has 0 heterocycles. The zero-order chi connectivity index (χ0) is 13.1. The third-order valence-corrected chi connectivity index (χ3v) is 3.08. The van der Waals surface area contributed by atoms with Crippen molar-refractivity contribution in [2.24, 2.45) is 0 Å². The van der Waals surface area contributed by atoms with Gasteiger partial charge in [-0.1, -0.05) is 30.3 Å². The minimum atomic E-state index is -0.772. The molecule has 0 spiro atoms. The first-order valence-corrected chi connectivity index (χ1v) is 5.82. The van der Waals surface area contributed by atoms with Crippen LogP contribution in [0.3, 0.4) is 0 Å². The molecule has 0 saturated carbocycles. The van der Waals surface area contributed by atoms with E-state index in [1.54, 1.807) is 0 Å². The second-order valence-electron chi connectivity index (χ2n) is 5.33. The Balaban J connectivity index is 2.85. The second kappa shape index (κ2) is 5.32. The number of benzene rings is 1. The van der Waals surface area contributed by atoms with E-state index >= 15 is 0 Å². The molecule has 17 heavy (non-hydrogen) atoms. The molecule has 0 saturated heterocycles. The molecule has 0 aliphatic rings. The van der Waals surface area contributed by atoms with E-state index in [1.807, 2.05) is 63.1 Å². The molecule has 0 radical (unpaired) electrons. The van der Waals surface area contributed by atoms with Crippen molar-refractivity contribution in [3.05, 3.63) is 35.9 Å². The molecule has 1 rings (SSSR count). The summed E-state index contributed by atoms with van der Waals surface area (Å²) in [7, 11) is 1.86. The molecule has 0 aliphatic heterocycles. The van der Waals surface area contributed by atoms with Crippen molar-refractivity contribution in [2.45, 2.75) is 38.8 Å². The van der Waals surface area contributed by atoms with Gasteiger partial charge in [0.2, 0.25) is 0 Å². The zero-order valence-corrected chi connectivity index (χ0v) is 11.0. The molecule has 0 bridgehead atoms. The number of carboxylic acids is 1. The summed E-state index contributed by atoms with van der Waals surface area (Å²) < 4.78 is 0. The van der Waals surface area contributed by atoms with Crippen molar-refractivity contribution < 1.29 is 9.90 Å². The Kier molecular flexibility index (Phi) is 4.29. The standard InChI is InChI=1S/C14H21NO2/c1-14(2,3)15(4)12(13(16)17)10-11-8-6-5-7-9-11/h5-9,12H,10H2,1-4H3,(H,16,17). The number of aliphatic carboxylic acids is 1.